The van der Waals surface area contributed by atoms with E-state index in [4.69, 9.17) is 9.47 Å². The number of amides is 1. The molecule has 3 aliphatic heterocycles. The lowest BCUT2D eigenvalue weighted by molar-refractivity contribution is -0.129. The van der Waals surface area contributed by atoms with Crippen molar-refractivity contribution in [3.63, 3.8) is 0 Å². The smallest absolute Gasteiger partial charge is 0.269 e. The van der Waals surface area contributed by atoms with Gasteiger partial charge in [0.1, 0.15) is 5.82 Å². The molecule has 3 N–H and O–H groups in total. The van der Waals surface area contributed by atoms with E-state index in [1.807, 2.05) is 12.1 Å². The standard InChI is InChI=1S/C28H33FN8O3/c1-28(2)26(38)34-25-22(40-28)7-8-23(33-25)32-24-21(29)17-30-27(35-24)31-18-3-5-19(6-4-18)36-11-9-20(10-12-36)37-13-15-39-16-14-37/h3-8,17,20H,9-16H2,1-2H3,(H3,30,31,32,33,34,35,38). The summed E-state index contributed by atoms with van der Waals surface area (Å²) in [6.45, 7) is 9.12. The highest BCUT2D eigenvalue weighted by atomic mass is 19.1. The second-order valence-corrected chi connectivity index (χ2v) is 10.7. The van der Waals surface area contributed by atoms with Gasteiger partial charge in [-0.1, -0.05) is 0 Å². The third-order valence-electron chi connectivity index (χ3n) is 7.51. The molecule has 2 saturated heterocycles. The molecule has 0 saturated carbocycles. The Hall–Kier alpha value is -4.03. The average Bonchev–Trinajstić information content (AvgIpc) is 2.96. The third kappa shape index (κ3) is 5.63. The van der Waals surface area contributed by atoms with E-state index >= 15 is 0 Å². The minimum absolute atomic E-state index is 0.0481. The first-order chi connectivity index (χ1) is 19.3. The molecule has 0 spiro atoms. The van der Waals surface area contributed by atoms with E-state index in [2.05, 4.69) is 52.8 Å². The number of carbonyl (C=O) groups is 1. The summed E-state index contributed by atoms with van der Waals surface area (Å²) >= 11 is 0. The van der Waals surface area contributed by atoms with Crippen molar-refractivity contribution in [2.75, 3.05) is 60.2 Å². The summed E-state index contributed by atoms with van der Waals surface area (Å²) in [6, 6.07) is 12.0. The second-order valence-electron chi connectivity index (χ2n) is 10.7. The fourth-order valence-electron chi connectivity index (χ4n) is 5.22. The van der Waals surface area contributed by atoms with Gasteiger partial charge < -0.3 is 30.3 Å². The van der Waals surface area contributed by atoms with Crippen LogP contribution in [0.3, 0.4) is 0 Å². The van der Waals surface area contributed by atoms with Crippen molar-refractivity contribution in [2.45, 2.75) is 38.3 Å². The predicted molar refractivity (Wildman–Crippen MR) is 150 cm³/mol. The van der Waals surface area contributed by atoms with Crippen LogP contribution in [0.1, 0.15) is 26.7 Å². The molecule has 40 heavy (non-hydrogen) atoms. The molecule has 12 heteroatoms. The molecule has 1 aromatic carbocycles. The summed E-state index contributed by atoms with van der Waals surface area (Å²) in [7, 11) is 0. The van der Waals surface area contributed by atoms with E-state index < -0.39 is 11.4 Å². The fraction of sp³-hybridized carbons (Fsp3) is 0.429. The highest BCUT2D eigenvalue weighted by Gasteiger charge is 2.36. The molecule has 5 heterocycles. The number of nitrogens with one attached hydrogen (secondary N) is 3. The number of ether oxygens (including phenoxy) is 2. The molecule has 0 unspecified atom stereocenters. The number of halogens is 1. The Morgan fingerprint density at radius 1 is 1.00 bits per heavy atom. The molecular weight excluding hydrogens is 515 g/mol. The predicted octanol–water partition coefficient (Wildman–Crippen LogP) is 3.91. The van der Waals surface area contributed by atoms with Crippen molar-refractivity contribution in [3.8, 4) is 5.75 Å². The van der Waals surface area contributed by atoms with Crippen LogP contribution in [-0.2, 0) is 9.53 Å². The fourth-order valence-corrected chi connectivity index (χ4v) is 5.22. The van der Waals surface area contributed by atoms with Gasteiger partial charge in [-0.15, -0.1) is 0 Å². The second kappa shape index (κ2) is 10.9. The van der Waals surface area contributed by atoms with Crippen molar-refractivity contribution in [3.05, 3.63) is 48.4 Å². The number of anilines is 6. The average molecular weight is 549 g/mol. The van der Waals surface area contributed by atoms with Crippen LogP contribution >= 0.6 is 0 Å². The Morgan fingerprint density at radius 2 is 1.75 bits per heavy atom. The SMILES string of the molecule is CC1(C)Oc2ccc(Nc3nc(Nc4ccc(N5CCC(N6CCOCC6)CC5)cc4)ncc3F)nc2NC1=O. The number of fused-ring (bicyclic) bond motifs is 1. The first-order valence-corrected chi connectivity index (χ1v) is 13.6. The van der Waals surface area contributed by atoms with E-state index in [9.17, 15) is 9.18 Å². The number of hydrogen-bond donors (Lipinski definition) is 3. The summed E-state index contributed by atoms with van der Waals surface area (Å²) in [6.07, 6.45) is 3.39. The summed E-state index contributed by atoms with van der Waals surface area (Å²) in [5, 5.41) is 8.72. The monoisotopic (exact) mass is 548 g/mol. The topological polar surface area (TPSA) is 117 Å². The van der Waals surface area contributed by atoms with E-state index in [0.29, 0.717) is 17.6 Å². The zero-order valence-electron chi connectivity index (χ0n) is 22.6. The van der Waals surface area contributed by atoms with Crippen LogP contribution < -0.4 is 25.6 Å². The van der Waals surface area contributed by atoms with E-state index in [1.165, 1.54) is 5.69 Å². The maximum Gasteiger partial charge on any atom is 0.269 e. The van der Waals surface area contributed by atoms with Gasteiger partial charge in [-0.05, 0) is 63.1 Å². The Bertz CT molecular complexity index is 1370. The number of morpholine rings is 1. The maximum absolute atomic E-state index is 14.5. The van der Waals surface area contributed by atoms with Crippen molar-refractivity contribution in [2.24, 2.45) is 0 Å². The molecule has 1 amide bonds. The first-order valence-electron chi connectivity index (χ1n) is 13.6. The van der Waals surface area contributed by atoms with Gasteiger partial charge in [0.05, 0.1) is 19.4 Å². The molecule has 3 aliphatic rings. The third-order valence-corrected chi connectivity index (χ3v) is 7.51. The zero-order valence-corrected chi connectivity index (χ0v) is 22.6. The van der Waals surface area contributed by atoms with Gasteiger partial charge in [0.2, 0.25) is 5.95 Å². The normalized spacial score (nSPS) is 19.4. The number of benzene rings is 1. The molecule has 0 radical (unpaired) electrons. The molecule has 210 valence electrons. The highest BCUT2D eigenvalue weighted by molar-refractivity contribution is 5.99. The van der Waals surface area contributed by atoms with Crippen molar-refractivity contribution in [1.29, 1.82) is 0 Å². The zero-order chi connectivity index (χ0) is 27.7. The molecule has 0 aliphatic carbocycles. The first kappa shape index (κ1) is 26.2. The van der Waals surface area contributed by atoms with Crippen LogP contribution in [0.25, 0.3) is 0 Å². The van der Waals surface area contributed by atoms with Crippen molar-refractivity contribution >= 4 is 40.7 Å². The highest BCUT2D eigenvalue weighted by Crippen LogP contribution is 2.34. The number of rotatable bonds is 6. The van der Waals surface area contributed by atoms with E-state index in [1.54, 1.807) is 26.0 Å². The van der Waals surface area contributed by atoms with Crippen LogP contribution in [-0.4, -0.2) is 76.8 Å². The molecule has 2 fully saturated rings. The Morgan fingerprint density at radius 3 is 2.50 bits per heavy atom. The van der Waals surface area contributed by atoms with Gasteiger partial charge in [0.15, 0.2) is 28.8 Å². The molecule has 11 nitrogen and oxygen atoms in total. The molecule has 3 aromatic rings. The lowest BCUT2D eigenvalue weighted by Gasteiger charge is -2.40. The molecule has 2 aromatic heterocycles. The maximum atomic E-state index is 14.5. The summed E-state index contributed by atoms with van der Waals surface area (Å²) in [4.78, 5) is 29.9. The number of aromatic nitrogens is 3. The van der Waals surface area contributed by atoms with Gasteiger partial charge in [-0.25, -0.2) is 14.4 Å². The largest absolute Gasteiger partial charge is 0.474 e. The lowest BCUT2D eigenvalue weighted by Crippen LogP contribution is -2.49. The molecular formula is C28H33FN8O3. The van der Waals surface area contributed by atoms with Crippen molar-refractivity contribution in [1.82, 2.24) is 19.9 Å². The van der Waals surface area contributed by atoms with Crippen molar-refractivity contribution < 1.29 is 18.7 Å². The van der Waals surface area contributed by atoms with Crippen LogP contribution in [0.2, 0.25) is 0 Å². The number of pyridine rings is 1. The van der Waals surface area contributed by atoms with Crippen LogP contribution in [0.4, 0.5) is 39.2 Å². The number of carbonyl (C=O) groups excluding carboxylic acids is 1. The summed E-state index contributed by atoms with van der Waals surface area (Å²) < 4.78 is 25.7. The number of nitrogens with zero attached hydrogens (tertiary/aromatic N) is 5. The van der Waals surface area contributed by atoms with Crippen LogP contribution in [0.15, 0.2) is 42.6 Å². The van der Waals surface area contributed by atoms with Gasteiger partial charge in [0.25, 0.3) is 5.91 Å². The lowest BCUT2D eigenvalue weighted by atomic mass is 10.0. The number of piperidine rings is 1. The quantitative estimate of drug-likeness (QED) is 0.419. The minimum Gasteiger partial charge on any atom is -0.474 e. The molecule has 0 bridgehead atoms. The van der Waals surface area contributed by atoms with Crippen LogP contribution in [0, 0.1) is 5.82 Å². The summed E-state index contributed by atoms with van der Waals surface area (Å²) in [5.41, 5.74) is 0.964. The summed E-state index contributed by atoms with van der Waals surface area (Å²) in [5.74, 6) is 0.230. The minimum atomic E-state index is -0.999. The Kier molecular flexibility index (Phi) is 7.11. The number of hydrogen-bond acceptors (Lipinski definition) is 10. The van der Waals surface area contributed by atoms with E-state index in [0.717, 1.165) is 64.1 Å². The van der Waals surface area contributed by atoms with E-state index in [-0.39, 0.29) is 23.5 Å². The van der Waals surface area contributed by atoms with Gasteiger partial charge >= 0.3 is 0 Å². The molecule has 6 rings (SSSR count). The van der Waals surface area contributed by atoms with Gasteiger partial charge in [-0.2, -0.15) is 4.98 Å². The Labute approximate surface area is 232 Å². The molecule has 0 atom stereocenters. The Balaban J connectivity index is 1.08. The van der Waals surface area contributed by atoms with Gasteiger partial charge in [0, 0.05) is 43.6 Å². The van der Waals surface area contributed by atoms with Gasteiger partial charge in [-0.3, -0.25) is 9.69 Å². The van der Waals surface area contributed by atoms with Crippen LogP contribution in [0.5, 0.6) is 5.75 Å².